The molecule has 0 rings (SSSR count). The zero-order valence-corrected chi connectivity index (χ0v) is 6.02. The van der Waals surface area contributed by atoms with E-state index < -0.39 is 0 Å². The van der Waals surface area contributed by atoms with Crippen molar-refractivity contribution >= 4 is 0 Å². The van der Waals surface area contributed by atoms with E-state index in [1.807, 2.05) is 0 Å². The van der Waals surface area contributed by atoms with Crippen LogP contribution in [-0.4, -0.2) is 0 Å². The van der Waals surface area contributed by atoms with E-state index in [0.717, 1.165) is 0 Å². The number of nitriles is 2. The Bertz CT molecular complexity index is 66.5. The fraction of sp³-hybridized carbons (Fsp3) is 0. The van der Waals surface area contributed by atoms with E-state index in [4.69, 9.17) is 10.5 Å². The van der Waals surface area contributed by atoms with Crippen LogP contribution >= 0.6 is 0 Å². The maximum absolute atomic E-state index is 7.26. The molecule has 3 heteroatoms. The van der Waals surface area contributed by atoms with Crippen LogP contribution < -0.4 is 51.4 Å². The topological polar surface area (TPSA) is 47.6 Å². The van der Waals surface area contributed by atoms with E-state index in [9.17, 15) is 0 Å². The first-order chi connectivity index (χ1) is 1.91. The summed E-state index contributed by atoms with van der Waals surface area (Å²) in [7, 11) is 0. The van der Waals surface area contributed by atoms with E-state index in [1.165, 1.54) is 12.1 Å². The molecule has 0 unspecified atom stereocenters. The minimum atomic E-state index is 0. The molecule has 0 saturated carbocycles. The van der Waals surface area contributed by atoms with Crippen molar-refractivity contribution in [1.29, 1.82) is 10.5 Å². The summed E-state index contributed by atoms with van der Waals surface area (Å²) in [5.41, 5.74) is 0. The van der Waals surface area contributed by atoms with Crippen LogP contribution in [0.25, 0.3) is 0 Å². The molecule has 0 spiro atoms. The van der Waals surface area contributed by atoms with Crippen molar-refractivity contribution in [2.24, 2.45) is 0 Å². The Balaban J connectivity index is -0.0000000450. The molecule has 0 aliphatic carbocycles. The summed E-state index contributed by atoms with van der Waals surface area (Å²) in [6.07, 6.45) is 0. The van der Waals surface area contributed by atoms with Gasteiger partial charge in [-0.05, 0) is 0 Å². The normalized spacial score (nSPS) is 2.00. The third-order valence-corrected chi connectivity index (χ3v) is 0.0500. The van der Waals surface area contributed by atoms with Crippen molar-refractivity contribution < 1.29 is 52.8 Å². The quantitative estimate of drug-likeness (QED) is 0.302. The second kappa shape index (κ2) is 8.82. The van der Waals surface area contributed by atoms with Crippen LogP contribution in [0.1, 0.15) is 1.43 Å². The molecule has 0 bridgehead atoms. The van der Waals surface area contributed by atoms with Gasteiger partial charge in [0.05, 0.1) is 0 Å². The number of rotatable bonds is 0. The molecule has 5 heavy (non-hydrogen) atoms. The van der Waals surface area contributed by atoms with E-state index in [1.54, 1.807) is 0 Å². The van der Waals surface area contributed by atoms with Crippen LogP contribution in [0, 0.1) is 22.7 Å². The van der Waals surface area contributed by atoms with Gasteiger partial charge in [-0.15, -0.1) is 0 Å². The molecule has 20 valence electrons. The van der Waals surface area contributed by atoms with Gasteiger partial charge < -0.3 is 1.43 Å². The number of hydrogen-bond acceptors (Lipinski definition) is 2. The summed E-state index contributed by atoms with van der Waals surface area (Å²) in [5, 5.41) is 14.5. The molecule has 0 saturated heterocycles. The summed E-state index contributed by atoms with van der Waals surface area (Å²) >= 11 is 0. The van der Waals surface area contributed by atoms with Crippen LogP contribution in [0.15, 0.2) is 0 Å². The first kappa shape index (κ1) is 9.15. The summed E-state index contributed by atoms with van der Waals surface area (Å²) < 4.78 is 0. The summed E-state index contributed by atoms with van der Waals surface area (Å²) in [6.45, 7) is 0. The van der Waals surface area contributed by atoms with Gasteiger partial charge in [0.25, 0.3) is 0 Å². The second-order valence-corrected chi connectivity index (χ2v) is 0.224. The van der Waals surface area contributed by atoms with E-state index in [0.29, 0.717) is 0 Å². The summed E-state index contributed by atoms with van der Waals surface area (Å²) in [4.78, 5) is 0. The SMILES string of the molecule is N#CC#N.[H-].[K+]. The molecular weight excluding hydrogens is 91.1 g/mol. The van der Waals surface area contributed by atoms with Crippen molar-refractivity contribution in [1.82, 2.24) is 0 Å². The zero-order valence-electron chi connectivity index (χ0n) is 3.89. The Hall–Kier alpha value is 0.616. The van der Waals surface area contributed by atoms with Crippen LogP contribution in [0.2, 0.25) is 0 Å². The van der Waals surface area contributed by atoms with Crippen LogP contribution in [0.3, 0.4) is 0 Å². The Morgan fingerprint density at radius 2 is 1.40 bits per heavy atom. The Labute approximate surface area is 74.3 Å². The molecule has 2 nitrogen and oxygen atoms in total. The average Bonchev–Trinajstić information content (AvgIpc) is 1.37. The van der Waals surface area contributed by atoms with Crippen LogP contribution in [0.5, 0.6) is 0 Å². The fourth-order valence-corrected chi connectivity index (χ4v) is 0. The molecule has 0 heterocycles. The van der Waals surface area contributed by atoms with E-state index in [2.05, 4.69) is 0 Å². The molecule has 0 aromatic heterocycles. The monoisotopic (exact) mass is 92.0 g/mol. The molecule has 0 N–H and O–H groups in total. The molecule has 0 aliphatic heterocycles. The van der Waals surface area contributed by atoms with Gasteiger partial charge in [-0.1, -0.05) is 0 Å². The molecule has 0 aromatic rings. The van der Waals surface area contributed by atoms with Gasteiger partial charge in [0.2, 0.25) is 0 Å². The molecule has 0 aliphatic rings. The largest absolute Gasteiger partial charge is 1.00 e. The zero-order chi connectivity index (χ0) is 3.41. The smallest absolute Gasteiger partial charge is 1.00 e. The maximum atomic E-state index is 7.26. The van der Waals surface area contributed by atoms with Gasteiger partial charge in [0, 0.05) is 0 Å². The Morgan fingerprint density at radius 1 is 1.20 bits per heavy atom. The predicted molar refractivity (Wildman–Crippen MR) is 12.3 cm³/mol. The van der Waals surface area contributed by atoms with Gasteiger partial charge in [-0.2, -0.15) is 10.5 Å². The first-order valence-electron chi connectivity index (χ1n) is 0.697. The van der Waals surface area contributed by atoms with Crippen molar-refractivity contribution in [2.75, 3.05) is 0 Å². The summed E-state index contributed by atoms with van der Waals surface area (Å²) in [5.74, 6) is 0. The van der Waals surface area contributed by atoms with Gasteiger partial charge in [0.15, 0.2) is 12.1 Å². The molecule has 0 radical (unpaired) electrons. The number of nitrogens with zero attached hydrogens (tertiary/aromatic N) is 2. The molecule has 0 amide bonds. The average molecular weight is 92.1 g/mol. The minimum Gasteiger partial charge on any atom is -1.00 e. The molecule has 0 atom stereocenters. The fourth-order valence-electron chi connectivity index (χ4n) is 0. The van der Waals surface area contributed by atoms with Gasteiger partial charge in [-0.3, -0.25) is 0 Å². The molecular formula is C2HKN2. The van der Waals surface area contributed by atoms with Crippen molar-refractivity contribution in [3.8, 4) is 12.1 Å². The van der Waals surface area contributed by atoms with Crippen LogP contribution in [0.4, 0.5) is 0 Å². The van der Waals surface area contributed by atoms with Gasteiger partial charge >= 0.3 is 51.4 Å². The standard InChI is InChI=1S/C2N2.K.H/c3-1-2-4;;/q;+1;-1. The minimum absolute atomic E-state index is 0. The van der Waals surface area contributed by atoms with Crippen molar-refractivity contribution in [3.63, 3.8) is 0 Å². The van der Waals surface area contributed by atoms with E-state index >= 15 is 0 Å². The Morgan fingerprint density at radius 3 is 1.40 bits per heavy atom. The maximum Gasteiger partial charge on any atom is 1.00 e. The van der Waals surface area contributed by atoms with Gasteiger partial charge in [-0.25, -0.2) is 0 Å². The van der Waals surface area contributed by atoms with Crippen molar-refractivity contribution in [2.45, 2.75) is 0 Å². The predicted octanol–water partition coefficient (Wildman–Crippen LogP) is -2.85. The molecule has 0 fully saturated rings. The third kappa shape index (κ3) is 12.1. The third-order valence-electron chi connectivity index (χ3n) is 0.0500. The van der Waals surface area contributed by atoms with E-state index in [-0.39, 0.29) is 52.8 Å². The molecule has 0 aromatic carbocycles. The summed E-state index contributed by atoms with van der Waals surface area (Å²) in [6, 6.07) is 2.47. The van der Waals surface area contributed by atoms with Gasteiger partial charge in [0.1, 0.15) is 0 Å². The van der Waals surface area contributed by atoms with Crippen LogP contribution in [-0.2, 0) is 0 Å². The van der Waals surface area contributed by atoms with Crippen molar-refractivity contribution in [3.05, 3.63) is 0 Å². The Kier molecular flexibility index (Phi) is 16.1. The first-order valence-corrected chi connectivity index (χ1v) is 0.697. The number of hydrogen-bond donors (Lipinski definition) is 0. The second-order valence-electron chi connectivity index (χ2n) is 0.224.